The van der Waals surface area contributed by atoms with Crippen LogP contribution >= 0.6 is 11.6 Å². The van der Waals surface area contributed by atoms with Crippen LogP contribution in [0.15, 0.2) is 48.5 Å². The molecule has 2 aromatic carbocycles. The second-order valence-corrected chi connectivity index (χ2v) is 14.0. The molecule has 1 saturated heterocycles. The van der Waals surface area contributed by atoms with Gasteiger partial charge in [-0.2, -0.15) is 0 Å². The lowest BCUT2D eigenvalue weighted by Gasteiger charge is -2.32. The van der Waals surface area contributed by atoms with Crippen LogP contribution in [0.1, 0.15) is 76.2 Å². The monoisotopic (exact) mass is 438 g/mol. The van der Waals surface area contributed by atoms with Crippen LogP contribution in [0.2, 0.25) is 23.2 Å². The van der Waals surface area contributed by atoms with Crippen molar-refractivity contribution in [3.05, 3.63) is 59.1 Å². The van der Waals surface area contributed by atoms with E-state index in [1.165, 1.54) is 56.1 Å². The molecule has 0 atom stereocenters. The zero-order valence-electron chi connectivity index (χ0n) is 18.8. The van der Waals surface area contributed by atoms with E-state index in [9.17, 15) is 0 Å². The molecule has 30 heavy (non-hydrogen) atoms. The van der Waals surface area contributed by atoms with Gasteiger partial charge in [0.25, 0.3) is 0 Å². The maximum Gasteiger partial charge on any atom is 0.0406 e. The van der Waals surface area contributed by atoms with Crippen molar-refractivity contribution in [2.24, 2.45) is 11.8 Å². The standard InChI is InChI=1S/C28H39ClSi/c1-2-19-30-20-17-23(18-21-30)4-3-22-5-7-24(8-6-22)25-9-11-26(12-10-25)27-13-15-28(29)16-14-27/h9-16,22-24,30H,2-8,17-21H2,1H3/t22?,23-,24?,30-. The number of benzene rings is 2. The topological polar surface area (TPSA) is 0 Å². The molecule has 162 valence electrons. The molecular formula is C28H39ClSi. The van der Waals surface area contributed by atoms with Crippen molar-refractivity contribution < 1.29 is 0 Å². The lowest BCUT2D eigenvalue weighted by Crippen LogP contribution is -2.22. The fraction of sp³-hybridized carbons (Fsp3) is 0.571. The molecule has 2 fully saturated rings. The molecule has 0 aromatic heterocycles. The molecule has 1 aliphatic carbocycles. The molecule has 0 spiro atoms. The van der Waals surface area contributed by atoms with E-state index in [1.54, 1.807) is 36.5 Å². The summed E-state index contributed by atoms with van der Waals surface area (Å²) >= 11 is 6.02. The molecule has 0 bridgehead atoms. The molecule has 1 saturated carbocycles. The zero-order valence-corrected chi connectivity index (χ0v) is 20.7. The van der Waals surface area contributed by atoms with Crippen molar-refractivity contribution in [3.63, 3.8) is 0 Å². The van der Waals surface area contributed by atoms with Crippen molar-refractivity contribution in [3.8, 4) is 11.1 Å². The summed E-state index contributed by atoms with van der Waals surface area (Å²) in [5.41, 5.74) is 4.09. The molecule has 0 radical (unpaired) electrons. The van der Waals surface area contributed by atoms with Crippen LogP contribution in [0.3, 0.4) is 0 Å². The first kappa shape index (κ1) is 22.2. The Kier molecular flexibility index (Phi) is 8.12. The van der Waals surface area contributed by atoms with Gasteiger partial charge < -0.3 is 0 Å². The first-order valence-corrected chi connectivity index (χ1v) is 15.4. The normalized spacial score (nSPS) is 27.1. The average Bonchev–Trinajstić information content (AvgIpc) is 2.80. The Morgan fingerprint density at radius 1 is 0.733 bits per heavy atom. The fourth-order valence-electron chi connectivity index (χ4n) is 6.06. The third-order valence-corrected chi connectivity index (χ3v) is 12.0. The second-order valence-electron chi connectivity index (χ2n) is 10.1. The quantitative estimate of drug-likeness (QED) is 0.378. The van der Waals surface area contributed by atoms with E-state index in [0.717, 1.165) is 22.8 Å². The van der Waals surface area contributed by atoms with Gasteiger partial charge in [-0.05, 0) is 72.3 Å². The lowest BCUT2D eigenvalue weighted by molar-refractivity contribution is 0.280. The zero-order chi connectivity index (χ0) is 20.8. The van der Waals surface area contributed by atoms with Crippen LogP contribution in [0.25, 0.3) is 11.1 Å². The molecule has 2 aliphatic rings. The summed E-state index contributed by atoms with van der Waals surface area (Å²) in [5, 5.41) is 0.804. The molecule has 0 amide bonds. The van der Waals surface area contributed by atoms with Gasteiger partial charge in [-0.1, -0.05) is 105 Å². The molecule has 1 heterocycles. The lowest BCUT2D eigenvalue weighted by atomic mass is 9.76. The van der Waals surface area contributed by atoms with Crippen LogP contribution in [0.4, 0.5) is 0 Å². The van der Waals surface area contributed by atoms with E-state index in [1.807, 2.05) is 12.1 Å². The van der Waals surface area contributed by atoms with Crippen molar-refractivity contribution in [1.82, 2.24) is 0 Å². The van der Waals surface area contributed by atoms with Gasteiger partial charge in [-0.15, -0.1) is 0 Å². The van der Waals surface area contributed by atoms with E-state index < -0.39 is 0 Å². The van der Waals surface area contributed by atoms with Gasteiger partial charge in [0.1, 0.15) is 0 Å². The highest BCUT2D eigenvalue weighted by atomic mass is 35.5. The van der Waals surface area contributed by atoms with Crippen LogP contribution in [-0.4, -0.2) is 8.80 Å². The molecule has 2 aromatic rings. The third kappa shape index (κ3) is 6.01. The summed E-state index contributed by atoms with van der Waals surface area (Å²) in [4.78, 5) is 0. The molecule has 0 unspecified atom stereocenters. The summed E-state index contributed by atoms with van der Waals surface area (Å²) in [5.74, 6) is 2.85. The van der Waals surface area contributed by atoms with Gasteiger partial charge >= 0.3 is 0 Å². The first-order chi connectivity index (χ1) is 14.7. The highest BCUT2D eigenvalue weighted by Crippen LogP contribution is 2.40. The Morgan fingerprint density at radius 2 is 1.27 bits per heavy atom. The van der Waals surface area contributed by atoms with Crippen molar-refractivity contribution in [2.45, 2.75) is 88.8 Å². The van der Waals surface area contributed by atoms with Gasteiger partial charge in [0.05, 0.1) is 0 Å². The van der Waals surface area contributed by atoms with Gasteiger partial charge in [-0.25, -0.2) is 0 Å². The van der Waals surface area contributed by atoms with Crippen molar-refractivity contribution in [2.75, 3.05) is 0 Å². The molecule has 1 aliphatic heterocycles. The van der Waals surface area contributed by atoms with Crippen LogP contribution in [-0.2, 0) is 0 Å². The highest BCUT2D eigenvalue weighted by Gasteiger charge is 2.25. The Balaban J connectivity index is 1.20. The van der Waals surface area contributed by atoms with Gasteiger partial charge in [0.15, 0.2) is 0 Å². The Hall–Kier alpha value is -1.05. The van der Waals surface area contributed by atoms with Crippen molar-refractivity contribution in [1.29, 1.82) is 0 Å². The second kappa shape index (κ2) is 11.0. The summed E-state index contributed by atoms with van der Waals surface area (Å²) < 4.78 is 0. The Bertz CT molecular complexity index is 750. The SMILES string of the molecule is CCC[Si@H]1CC[C@H](CCC2CCC(c3ccc(-c4ccc(Cl)cc4)cc3)CC2)CC1. The molecule has 4 rings (SSSR count). The summed E-state index contributed by atoms with van der Waals surface area (Å²) in [6, 6.07) is 22.4. The predicted octanol–water partition coefficient (Wildman–Crippen LogP) is 9.11. The molecule has 0 N–H and O–H groups in total. The van der Waals surface area contributed by atoms with Crippen LogP contribution in [0, 0.1) is 11.8 Å². The van der Waals surface area contributed by atoms with Crippen molar-refractivity contribution >= 4 is 20.4 Å². The molecular weight excluding hydrogens is 400 g/mol. The van der Waals surface area contributed by atoms with Gasteiger partial charge in [0, 0.05) is 13.8 Å². The van der Waals surface area contributed by atoms with Crippen LogP contribution in [0.5, 0.6) is 0 Å². The van der Waals surface area contributed by atoms with E-state index >= 15 is 0 Å². The predicted molar refractivity (Wildman–Crippen MR) is 135 cm³/mol. The van der Waals surface area contributed by atoms with Gasteiger partial charge in [0.2, 0.25) is 0 Å². The number of rotatable bonds is 7. The van der Waals surface area contributed by atoms with E-state index in [2.05, 4.69) is 43.3 Å². The van der Waals surface area contributed by atoms with Crippen LogP contribution < -0.4 is 0 Å². The maximum atomic E-state index is 6.02. The largest absolute Gasteiger partial charge is 0.0843 e. The highest BCUT2D eigenvalue weighted by molar-refractivity contribution is 6.58. The number of halogens is 1. The van der Waals surface area contributed by atoms with Gasteiger partial charge in [-0.3, -0.25) is 0 Å². The smallest absolute Gasteiger partial charge is 0.0406 e. The minimum atomic E-state index is -0.299. The average molecular weight is 439 g/mol. The first-order valence-electron chi connectivity index (χ1n) is 12.6. The summed E-state index contributed by atoms with van der Waals surface area (Å²) in [6.45, 7) is 2.38. The minimum Gasteiger partial charge on any atom is -0.0843 e. The van der Waals surface area contributed by atoms with E-state index in [4.69, 9.17) is 11.6 Å². The number of hydrogen-bond acceptors (Lipinski definition) is 0. The molecule has 2 heteroatoms. The number of hydrogen-bond donors (Lipinski definition) is 0. The summed E-state index contributed by atoms with van der Waals surface area (Å²) in [6.07, 6.45) is 13.3. The Labute approximate surface area is 191 Å². The Morgan fingerprint density at radius 3 is 1.83 bits per heavy atom. The van der Waals surface area contributed by atoms with E-state index in [-0.39, 0.29) is 8.80 Å². The van der Waals surface area contributed by atoms with E-state index in [0.29, 0.717) is 0 Å². The molecule has 0 nitrogen and oxygen atoms in total. The third-order valence-electron chi connectivity index (χ3n) is 8.05. The minimum absolute atomic E-state index is 0.299. The summed E-state index contributed by atoms with van der Waals surface area (Å²) in [7, 11) is -0.299. The maximum absolute atomic E-state index is 6.02. The fourth-order valence-corrected chi connectivity index (χ4v) is 9.76.